The van der Waals surface area contributed by atoms with Crippen LogP contribution in [0.25, 0.3) is 0 Å². The van der Waals surface area contributed by atoms with Crippen LogP contribution in [-0.2, 0) is 23.7 Å². The molecule has 1 aliphatic rings. The highest BCUT2D eigenvalue weighted by Gasteiger charge is 2.35. The van der Waals surface area contributed by atoms with Crippen LogP contribution in [0.15, 0.2) is 24.3 Å². The zero-order valence-corrected chi connectivity index (χ0v) is 17.0. The van der Waals surface area contributed by atoms with Crippen molar-refractivity contribution in [2.24, 2.45) is 11.8 Å². The van der Waals surface area contributed by atoms with E-state index in [1.165, 1.54) is 0 Å². The van der Waals surface area contributed by atoms with Gasteiger partial charge in [-0.25, -0.2) is 0 Å². The van der Waals surface area contributed by atoms with Crippen LogP contribution < -0.4 is 0 Å². The van der Waals surface area contributed by atoms with E-state index in [4.69, 9.17) is 23.7 Å². The molecule has 6 nitrogen and oxygen atoms in total. The molecule has 1 heterocycles. The smallest absolute Gasteiger partial charge is 0.174 e. The lowest BCUT2D eigenvalue weighted by Crippen LogP contribution is -2.44. The second kappa shape index (κ2) is 12.6. The van der Waals surface area contributed by atoms with Gasteiger partial charge >= 0.3 is 0 Å². The number of aliphatic hydroxyl groups excluding tert-OH is 1. The Morgan fingerprint density at radius 1 is 1.19 bits per heavy atom. The number of ether oxygens (including phenoxy) is 5. The maximum atomic E-state index is 9.80. The first kappa shape index (κ1) is 23.3. The summed E-state index contributed by atoms with van der Waals surface area (Å²) in [5, 5.41) is 9.80. The molecule has 1 rings (SSSR count). The van der Waals surface area contributed by atoms with Gasteiger partial charge in [0, 0.05) is 33.7 Å². The maximum Gasteiger partial charge on any atom is 0.174 e. The maximum absolute atomic E-state index is 9.80. The van der Waals surface area contributed by atoms with Crippen molar-refractivity contribution in [1.29, 1.82) is 0 Å². The molecule has 26 heavy (non-hydrogen) atoms. The largest absolute Gasteiger partial charge is 0.381 e. The van der Waals surface area contributed by atoms with Gasteiger partial charge in [0.15, 0.2) is 6.29 Å². The van der Waals surface area contributed by atoms with Crippen molar-refractivity contribution in [2.45, 2.75) is 64.3 Å². The van der Waals surface area contributed by atoms with Crippen molar-refractivity contribution >= 4 is 0 Å². The van der Waals surface area contributed by atoms with Gasteiger partial charge in [-0.05, 0) is 25.3 Å². The summed E-state index contributed by atoms with van der Waals surface area (Å²) >= 11 is 0. The lowest BCUT2D eigenvalue weighted by atomic mass is 9.84. The van der Waals surface area contributed by atoms with E-state index in [0.717, 1.165) is 6.42 Å². The molecule has 7 atom stereocenters. The molecule has 0 radical (unpaired) electrons. The van der Waals surface area contributed by atoms with Crippen LogP contribution in [0.3, 0.4) is 0 Å². The third-order valence-electron chi connectivity index (χ3n) is 4.96. The molecule has 0 saturated heterocycles. The molecule has 0 amide bonds. The van der Waals surface area contributed by atoms with E-state index in [9.17, 15) is 5.11 Å². The molecular formula is C20H36O6. The molecule has 0 aromatic heterocycles. The van der Waals surface area contributed by atoms with Crippen LogP contribution >= 0.6 is 0 Å². The topological polar surface area (TPSA) is 66.4 Å². The predicted octanol–water partition coefficient (Wildman–Crippen LogP) is 2.91. The summed E-state index contributed by atoms with van der Waals surface area (Å²) < 4.78 is 28.0. The monoisotopic (exact) mass is 372 g/mol. The number of allylic oxidation sites excluding steroid dienone is 2. The third-order valence-corrected chi connectivity index (χ3v) is 4.96. The van der Waals surface area contributed by atoms with Crippen molar-refractivity contribution in [3.05, 3.63) is 24.3 Å². The highest BCUT2D eigenvalue weighted by Crippen LogP contribution is 2.29. The highest BCUT2D eigenvalue weighted by molar-refractivity contribution is 5.01. The summed E-state index contributed by atoms with van der Waals surface area (Å²) in [6.07, 6.45) is 7.58. The number of aliphatic hydroxyl groups is 1. The zero-order valence-electron chi connectivity index (χ0n) is 17.0. The van der Waals surface area contributed by atoms with Crippen LogP contribution in [0.5, 0.6) is 0 Å². The van der Waals surface area contributed by atoms with Gasteiger partial charge in [0.05, 0.1) is 18.3 Å². The second-order valence-electron chi connectivity index (χ2n) is 6.84. The summed E-state index contributed by atoms with van der Waals surface area (Å²) in [5.74, 6) is 0.454. The van der Waals surface area contributed by atoms with Gasteiger partial charge in [-0.1, -0.05) is 32.1 Å². The Hall–Kier alpha value is -0.760. The molecule has 0 aromatic rings. The Morgan fingerprint density at radius 3 is 2.50 bits per heavy atom. The Morgan fingerprint density at radius 2 is 1.92 bits per heavy atom. The first-order chi connectivity index (χ1) is 12.5. The van der Waals surface area contributed by atoms with Gasteiger partial charge in [0.2, 0.25) is 0 Å². The van der Waals surface area contributed by atoms with E-state index in [0.29, 0.717) is 12.3 Å². The minimum absolute atomic E-state index is 0.0260. The highest BCUT2D eigenvalue weighted by atomic mass is 16.7. The summed E-state index contributed by atoms with van der Waals surface area (Å²) in [6, 6.07) is 0. The summed E-state index contributed by atoms with van der Waals surface area (Å²) in [5.41, 5.74) is 0. The third kappa shape index (κ3) is 7.10. The Kier molecular flexibility index (Phi) is 11.3. The minimum atomic E-state index is -0.920. The fourth-order valence-electron chi connectivity index (χ4n) is 3.53. The molecule has 1 unspecified atom stereocenters. The fraction of sp³-hybridized carbons (Fsp3) is 0.800. The second-order valence-corrected chi connectivity index (χ2v) is 6.84. The van der Waals surface area contributed by atoms with Gasteiger partial charge < -0.3 is 28.8 Å². The van der Waals surface area contributed by atoms with E-state index >= 15 is 0 Å². The average molecular weight is 373 g/mol. The number of rotatable bonds is 12. The molecule has 0 fully saturated rings. The van der Waals surface area contributed by atoms with Gasteiger partial charge in [-0.2, -0.15) is 0 Å². The Labute approximate surface area is 158 Å². The first-order valence-corrected chi connectivity index (χ1v) is 9.27. The van der Waals surface area contributed by atoms with E-state index in [2.05, 4.69) is 26.0 Å². The van der Waals surface area contributed by atoms with Crippen LogP contribution in [0.4, 0.5) is 0 Å². The normalized spacial score (nSPS) is 28.2. The molecule has 0 spiro atoms. The summed E-state index contributed by atoms with van der Waals surface area (Å²) in [7, 11) is 4.97. The van der Waals surface area contributed by atoms with Gasteiger partial charge in [-0.3, -0.25) is 0 Å². The van der Waals surface area contributed by atoms with Crippen LogP contribution in [0.1, 0.15) is 33.6 Å². The Balaban J connectivity index is 2.87. The number of hydrogen-bond acceptors (Lipinski definition) is 6. The van der Waals surface area contributed by atoms with Crippen molar-refractivity contribution in [3.63, 3.8) is 0 Å². The molecule has 0 aliphatic carbocycles. The summed E-state index contributed by atoms with van der Waals surface area (Å²) in [4.78, 5) is 0. The van der Waals surface area contributed by atoms with Gasteiger partial charge in [0.25, 0.3) is 0 Å². The van der Waals surface area contributed by atoms with Gasteiger partial charge in [0.1, 0.15) is 12.9 Å². The molecule has 1 N–H and O–H groups in total. The van der Waals surface area contributed by atoms with E-state index in [1.54, 1.807) is 27.4 Å². The van der Waals surface area contributed by atoms with Crippen molar-refractivity contribution in [2.75, 3.05) is 28.1 Å². The first-order valence-electron chi connectivity index (χ1n) is 9.27. The van der Waals surface area contributed by atoms with Crippen LogP contribution in [0.2, 0.25) is 0 Å². The van der Waals surface area contributed by atoms with E-state index in [1.807, 2.05) is 13.0 Å². The fourth-order valence-corrected chi connectivity index (χ4v) is 3.53. The van der Waals surface area contributed by atoms with Gasteiger partial charge in [-0.15, -0.1) is 0 Å². The lowest BCUT2D eigenvalue weighted by molar-refractivity contribution is -0.179. The molecular weight excluding hydrogens is 336 g/mol. The minimum Gasteiger partial charge on any atom is -0.381 e. The number of methoxy groups -OCH3 is 3. The predicted molar refractivity (Wildman–Crippen MR) is 101 cm³/mol. The molecule has 0 aromatic carbocycles. The molecule has 152 valence electrons. The molecule has 0 bridgehead atoms. The van der Waals surface area contributed by atoms with Crippen LogP contribution in [0, 0.1) is 11.8 Å². The van der Waals surface area contributed by atoms with Crippen molar-refractivity contribution < 1.29 is 28.8 Å². The van der Waals surface area contributed by atoms with E-state index < -0.39 is 6.29 Å². The van der Waals surface area contributed by atoms with Crippen molar-refractivity contribution in [3.8, 4) is 0 Å². The summed E-state index contributed by atoms with van der Waals surface area (Å²) in [6.45, 7) is 6.52. The quantitative estimate of drug-likeness (QED) is 0.420. The standard InChI is InChI=1S/C20H36O6/c1-7-8-9-14(2)20(24-6)15(3)17(25-13-22-4)12-18-16(23-5)10-11-19(21)26-18/h7-8,10-11,14-21H,9,12-13H2,1-6H3/b8-7+/t14-,15-,16+,17+,18+,19?,20+/m0/s1. The number of hydrogen-bond donors (Lipinski definition) is 1. The Bertz CT molecular complexity index is 425. The van der Waals surface area contributed by atoms with E-state index in [-0.39, 0.29) is 37.1 Å². The van der Waals surface area contributed by atoms with Crippen molar-refractivity contribution in [1.82, 2.24) is 0 Å². The molecule has 6 heteroatoms. The van der Waals surface area contributed by atoms with Crippen LogP contribution in [-0.4, -0.2) is 63.9 Å². The lowest BCUT2D eigenvalue weighted by Gasteiger charge is -2.37. The average Bonchev–Trinajstić information content (AvgIpc) is 2.63. The zero-order chi connectivity index (χ0) is 19.5. The SMILES string of the molecule is C/C=C/C[C@H](C)[C@@H](OC)[C@@H](C)[C@@H](C[C@H]1OC(O)C=C[C@H]1OC)OCOC. The molecule has 1 aliphatic heterocycles. The molecule has 0 saturated carbocycles.